The standard InChI is InChI=1S/C15H19N3/c1-11-4-3-5-13(7-6-11)15-14-10-16-8-9-18(14)12(2)17-15/h3,5-7,16H,4,8-10H2,1-2H3. The number of imidazole rings is 1. The van der Waals surface area contributed by atoms with Crippen LogP contribution in [0.1, 0.15) is 30.6 Å². The van der Waals surface area contributed by atoms with Gasteiger partial charge in [0.2, 0.25) is 0 Å². The Hall–Kier alpha value is -1.61. The van der Waals surface area contributed by atoms with Crippen LogP contribution in [0.4, 0.5) is 0 Å². The zero-order chi connectivity index (χ0) is 12.5. The van der Waals surface area contributed by atoms with Crippen LogP contribution in [0.15, 0.2) is 29.9 Å². The van der Waals surface area contributed by atoms with Crippen LogP contribution in [0.2, 0.25) is 0 Å². The SMILES string of the molecule is CC1=CC=C(c2nc(C)n3c2CNCC3)C=CC1. The molecule has 0 bridgehead atoms. The van der Waals surface area contributed by atoms with Gasteiger partial charge in [-0.3, -0.25) is 0 Å². The summed E-state index contributed by atoms with van der Waals surface area (Å²) in [5.41, 5.74) is 5.08. The molecule has 0 saturated carbocycles. The highest BCUT2D eigenvalue weighted by Gasteiger charge is 2.19. The Morgan fingerprint density at radius 1 is 1.28 bits per heavy atom. The Kier molecular flexibility index (Phi) is 2.92. The summed E-state index contributed by atoms with van der Waals surface area (Å²) in [6.07, 6.45) is 9.85. The van der Waals surface area contributed by atoms with Gasteiger partial charge in [-0.15, -0.1) is 0 Å². The minimum absolute atomic E-state index is 0.921. The smallest absolute Gasteiger partial charge is 0.106 e. The van der Waals surface area contributed by atoms with Crippen molar-refractivity contribution >= 4 is 5.57 Å². The van der Waals surface area contributed by atoms with Crippen molar-refractivity contribution in [3.05, 3.63) is 47.1 Å². The van der Waals surface area contributed by atoms with Gasteiger partial charge in [0.15, 0.2) is 0 Å². The molecule has 0 unspecified atom stereocenters. The molecular formula is C15H19N3. The average Bonchev–Trinajstić information content (AvgIpc) is 2.57. The summed E-state index contributed by atoms with van der Waals surface area (Å²) < 4.78 is 2.34. The molecule has 0 saturated heterocycles. The lowest BCUT2D eigenvalue weighted by molar-refractivity contribution is 0.507. The summed E-state index contributed by atoms with van der Waals surface area (Å²) in [6, 6.07) is 0. The van der Waals surface area contributed by atoms with Crippen LogP contribution in [0.3, 0.4) is 0 Å². The quantitative estimate of drug-likeness (QED) is 0.819. The fraction of sp³-hybridized carbons (Fsp3) is 0.400. The van der Waals surface area contributed by atoms with E-state index in [4.69, 9.17) is 4.98 Å². The number of hydrogen-bond acceptors (Lipinski definition) is 2. The molecule has 0 fully saturated rings. The molecule has 0 spiro atoms. The molecule has 3 rings (SSSR count). The molecule has 2 heterocycles. The number of nitrogens with zero attached hydrogens (tertiary/aromatic N) is 2. The monoisotopic (exact) mass is 241 g/mol. The fourth-order valence-corrected chi connectivity index (χ4v) is 2.60. The van der Waals surface area contributed by atoms with E-state index in [1.807, 2.05) is 0 Å². The van der Waals surface area contributed by atoms with Gasteiger partial charge in [-0.2, -0.15) is 0 Å². The summed E-state index contributed by atoms with van der Waals surface area (Å²) in [6.45, 7) is 7.25. The van der Waals surface area contributed by atoms with E-state index in [1.54, 1.807) is 0 Å². The van der Waals surface area contributed by atoms with Crippen molar-refractivity contribution in [2.24, 2.45) is 0 Å². The van der Waals surface area contributed by atoms with E-state index in [9.17, 15) is 0 Å². The predicted molar refractivity (Wildman–Crippen MR) is 74.2 cm³/mol. The van der Waals surface area contributed by atoms with E-state index in [-0.39, 0.29) is 0 Å². The lowest BCUT2D eigenvalue weighted by Crippen LogP contribution is -2.28. The molecular weight excluding hydrogens is 222 g/mol. The first-order valence-electron chi connectivity index (χ1n) is 6.57. The maximum absolute atomic E-state index is 4.76. The van der Waals surface area contributed by atoms with Gasteiger partial charge in [-0.1, -0.05) is 29.9 Å². The number of fused-ring (bicyclic) bond motifs is 1. The average molecular weight is 241 g/mol. The lowest BCUT2D eigenvalue weighted by Gasteiger charge is -2.18. The molecule has 18 heavy (non-hydrogen) atoms. The molecule has 0 radical (unpaired) electrons. The summed E-state index contributed by atoms with van der Waals surface area (Å²) in [5.74, 6) is 1.13. The first-order valence-corrected chi connectivity index (χ1v) is 6.57. The maximum atomic E-state index is 4.76. The molecule has 3 heteroatoms. The summed E-state index contributed by atoms with van der Waals surface area (Å²) in [7, 11) is 0. The van der Waals surface area contributed by atoms with Crippen LogP contribution in [-0.4, -0.2) is 16.1 Å². The van der Waals surface area contributed by atoms with E-state index in [1.165, 1.54) is 16.8 Å². The molecule has 1 aromatic rings. The van der Waals surface area contributed by atoms with Crippen LogP contribution in [0.25, 0.3) is 5.57 Å². The number of aryl methyl sites for hydroxylation is 1. The van der Waals surface area contributed by atoms with Crippen molar-refractivity contribution in [3.63, 3.8) is 0 Å². The van der Waals surface area contributed by atoms with Crippen molar-refractivity contribution in [2.45, 2.75) is 33.4 Å². The summed E-state index contributed by atoms with van der Waals surface area (Å²) >= 11 is 0. The highest BCUT2D eigenvalue weighted by molar-refractivity contribution is 5.75. The van der Waals surface area contributed by atoms with Gasteiger partial charge in [0, 0.05) is 25.2 Å². The molecule has 1 aromatic heterocycles. The second-order valence-corrected chi connectivity index (χ2v) is 5.02. The second kappa shape index (κ2) is 4.58. The number of hydrogen-bond donors (Lipinski definition) is 1. The third-order valence-corrected chi connectivity index (χ3v) is 3.63. The van der Waals surface area contributed by atoms with Gasteiger partial charge in [-0.05, 0) is 20.3 Å². The highest BCUT2D eigenvalue weighted by Crippen LogP contribution is 2.25. The molecule has 94 valence electrons. The van der Waals surface area contributed by atoms with Crippen molar-refractivity contribution in [2.75, 3.05) is 6.54 Å². The molecule has 0 aromatic carbocycles. The number of allylic oxidation sites excluding steroid dienone is 6. The second-order valence-electron chi connectivity index (χ2n) is 5.02. The van der Waals surface area contributed by atoms with Crippen LogP contribution in [0.5, 0.6) is 0 Å². The number of rotatable bonds is 1. The zero-order valence-corrected chi connectivity index (χ0v) is 11.0. The minimum atomic E-state index is 0.921. The number of nitrogens with one attached hydrogen (secondary N) is 1. The molecule has 1 aliphatic heterocycles. The van der Waals surface area contributed by atoms with Crippen LogP contribution < -0.4 is 5.32 Å². The van der Waals surface area contributed by atoms with Gasteiger partial charge in [-0.25, -0.2) is 4.98 Å². The van der Waals surface area contributed by atoms with E-state index in [0.717, 1.165) is 37.6 Å². The van der Waals surface area contributed by atoms with Gasteiger partial charge in [0.25, 0.3) is 0 Å². The Labute approximate surface area is 108 Å². The Morgan fingerprint density at radius 3 is 3.06 bits per heavy atom. The fourth-order valence-electron chi connectivity index (χ4n) is 2.60. The van der Waals surface area contributed by atoms with Crippen molar-refractivity contribution in [1.29, 1.82) is 0 Å². The molecule has 3 nitrogen and oxygen atoms in total. The minimum Gasteiger partial charge on any atom is -0.329 e. The molecule has 1 N–H and O–H groups in total. The lowest BCUT2D eigenvalue weighted by atomic mass is 10.1. The zero-order valence-electron chi connectivity index (χ0n) is 11.0. The Bertz CT molecular complexity index is 559. The normalized spacial score (nSPS) is 19.0. The van der Waals surface area contributed by atoms with Crippen LogP contribution >= 0.6 is 0 Å². The van der Waals surface area contributed by atoms with E-state index < -0.39 is 0 Å². The van der Waals surface area contributed by atoms with Crippen LogP contribution in [-0.2, 0) is 13.1 Å². The van der Waals surface area contributed by atoms with Gasteiger partial charge in [0.1, 0.15) is 5.82 Å². The van der Waals surface area contributed by atoms with E-state index in [0.29, 0.717) is 0 Å². The first-order chi connectivity index (χ1) is 8.75. The van der Waals surface area contributed by atoms with Gasteiger partial charge in [0.05, 0.1) is 11.4 Å². The van der Waals surface area contributed by atoms with Gasteiger partial charge >= 0.3 is 0 Å². The summed E-state index contributed by atoms with van der Waals surface area (Å²) in [5, 5.41) is 3.43. The van der Waals surface area contributed by atoms with Crippen molar-refractivity contribution in [1.82, 2.24) is 14.9 Å². The summed E-state index contributed by atoms with van der Waals surface area (Å²) in [4.78, 5) is 4.76. The molecule has 2 aliphatic rings. The van der Waals surface area contributed by atoms with Gasteiger partial charge < -0.3 is 9.88 Å². The molecule has 1 aliphatic carbocycles. The van der Waals surface area contributed by atoms with Crippen molar-refractivity contribution in [3.8, 4) is 0 Å². The third-order valence-electron chi connectivity index (χ3n) is 3.63. The Balaban J connectivity index is 2.07. The first kappa shape index (κ1) is 11.5. The predicted octanol–water partition coefficient (Wildman–Crippen LogP) is 2.58. The molecule has 0 amide bonds. The van der Waals surface area contributed by atoms with Crippen LogP contribution in [0, 0.1) is 6.92 Å². The largest absolute Gasteiger partial charge is 0.329 e. The maximum Gasteiger partial charge on any atom is 0.106 e. The third kappa shape index (κ3) is 1.95. The van der Waals surface area contributed by atoms with E-state index in [2.05, 4.69) is 48.0 Å². The Morgan fingerprint density at radius 2 is 2.17 bits per heavy atom. The molecule has 0 atom stereocenters. The topological polar surface area (TPSA) is 29.9 Å². The number of aromatic nitrogens is 2. The highest BCUT2D eigenvalue weighted by atomic mass is 15.1. The van der Waals surface area contributed by atoms with E-state index >= 15 is 0 Å². The van der Waals surface area contributed by atoms with Crippen molar-refractivity contribution < 1.29 is 0 Å².